The molecule has 0 amide bonds. The largest absolute Gasteiger partial charge is 0.370 e. The lowest BCUT2D eigenvalue weighted by atomic mass is 10.2. The van der Waals surface area contributed by atoms with Gasteiger partial charge in [-0.15, -0.1) is 0 Å². The summed E-state index contributed by atoms with van der Waals surface area (Å²) < 4.78 is 0. The van der Waals surface area contributed by atoms with Crippen LogP contribution in [0.15, 0.2) is 6.07 Å². The van der Waals surface area contributed by atoms with E-state index in [2.05, 4.69) is 53.2 Å². The standard InChI is InChI=1S/C16H29N5/c1-5-17-14-10-15(20-16(19-14)12(3)4)18-11-13-8-7-9-21(13)6-2/h10,12-13H,5-9,11H2,1-4H3,(H2,17,18,19,20). The van der Waals surface area contributed by atoms with E-state index >= 15 is 0 Å². The normalized spacial score (nSPS) is 19.2. The van der Waals surface area contributed by atoms with E-state index in [1.807, 2.05) is 6.07 Å². The molecular formula is C16H29N5. The fraction of sp³-hybridized carbons (Fsp3) is 0.750. The van der Waals surface area contributed by atoms with Crippen molar-refractivity contribution in [3.05, 3.63) is 11.9 Å². The minimum absolute atomic E-state index is 0.336. The number of aromatic nitrogens is 2. The van der Waals surface area contributed by atoms with Crippen molar-refractivity contribution in [2.75, 3.05) is 36.8 Å². The molecule has 2 rings (SSSR count). The Morgan fingerprint density at radius 3 is 2.57 bits per heavy atom. The van der Waals surface area contributed by atoms with Gasteiger partial charge in [0.1, 0.15) is 17.5 Å². The molecule has 5 nitrogen and oxygen atoms in total. The zero-order chi connectivity index (χ0) is 15.2. The molecule has 0 radical (unpaired) electrons. The highest BCUT2D eigenvalue weighted by atomic mass is 15.2. The van der Waals surface area contributed by atoms with Crippen LogP contribution in [0.1, 0.15) is 52.3 Å². The van der Waals surface area contributed by atoms with E-state index in [9.17, 15) is 0 Å². The van der Waals surface area contributed by atoms with Crippen molar-refractivity contribution >= 4 is 11.6 Å². The van der Waals surface area contributed by atoms with E-state index in [4.69, 9.17) is 0 Å². The molecule has 118 valence electrons. The highest BCUT2D eigenvalue weighted by Crippen LogP contribution is 2.20. The van der Waals surface area contributed by atoms with Crippen molar-refractivity contribution in [3.8, 4) is 0 Å². The Hall–Kier alpha value is -1.36. The SMILES string of the molecule is CCNc1cc(NCC2CCCN2CC)nc(C(C)C)n1. The van der Waals surface area contributed by atoms with Crippen LogP contribution < -0.4 is 10.6 Å². The number of likely N-dealkylation sites (N-methyl/N-ethyl adjacent to an activating group) is 1. The zero-order valence-electron chi connectivity index (χ0n) is 13.8. The average molecular weight is 291 g/mol. The first-order valence-electron chi connectivity index (χ1n) is 8.24. The molecule has 0 spiro atoms. The minimum Gasteiger partial charge on any atom is -0.370 e. The molecule has 0 bridgehead atoms. The van der Waals surface area contributed by atoms with Gasteiger partial charge in [0.25, 0.3) is 0 Å². The number of likely N-dealkylation sites (tertiary alicyclic amines) is 1. The summed E-state index contributed by atoms with van der Waals surface area (Å²) in [6.07, 6.45) is 2.59. The number of rotatable bonds is 7. The molecule has 0 aliphatic carbocycles. The van der Waals surface area contributed by atoms with Crippen LogP contribution in [0.2, 0.25) is 0 Å². The fourth-order valence-electron chi connectivity index (χ4n) is 2.85. The van der Waals surface area contributed by atoms with Crippen molar-refractivity contribution in [3.63, 3.8) is 0 Å². The van der Waals surface area contributed by atoms with Gasteiger partial charge in [0.2, 0.25) is 0 Å². The van der Waals surface area contributed by atoms with Gasteiger partial charge in [0, 0.05) is 31.1 Å². The number of hydrogen-bond donors (Lipinski definition) is 2. The highest BCUT2D eigenvalue weighted by molar-refractivity contribution is 5.48. The summed E-state index contributed by atoms with van der Waals surface area (Å²) in [5.41, 5.74) is 0. The molecule has 1 aromatic rings. The molecule has 1 aliphatic rings. The molecule has 1 saturated heterocycles. The summed E-state index contributed by atoms with van der Waals surface area (Å²) in [7, 11) is 0. The van der Waals surface area contributed by atoms with Gasteiger partial charge in [-0.25, -0.2) is 9.97 Å². The van der Waals surface area contributed by atoms with Crippen LogP contribution in [0, 0.1) is 0 Å². The summed E-state index contributed by atoms with van der Waals surface area (Å²) in [6, 6.07) is 2.65. The molecule has 0 saturated carbocycles. The van der Waals surface area contributed by atoms with Crippen molar-refractivity contribution in [2.45, 2.75) is 52.5 Å². The minimum atomic E-state index is 0.336. The summed E-state index contributed by atoms with van der Waals surface area (Å²) in [5, 5.41) is 6.80. The highest BCUT2D eigenvalue weighted by Gasteiger charge is 2.22. The third-order valence-corrected chi connectivity index (χ3v) is 4.04. The Morgan fingerprint density at radius 1 is 1.24 bits per heavy atom. The Bertz CT molecular complexity index is 446. The van der Waals surface area contributed by atoms with Gasteiger partial charge < -0.3 is 10.6 Å². The van der Waals surface area contributed by atoms with Crippen LogP contribution in [-0.2, 0) is 0 Å². The van der Waals surface area contributed by atoms with Gasteiger partial charge >= 0.3 is 0 Å². The maximum Gasteiger partial charge on any atom is 0.135 e. The van der Waals surface area contributed by atoms with E-state index in [-0.39, 0.29) is 0 Å². The quantitative estimate of drug-likeness (QED) is 0.809. The first-order chi connectivity index (χ1) is 10.1. The Balaban J connectivity index is 2.04. The second-order valence-electron chi connectivity index (χ2n) is 5.99. The Kier molecular flexibility index (Phi) is 5.79. The smallest absolute Gasteiger partial charge is 0.135 e. The van der Waals surface area contributed by atoms with Crippen molar-refractivity contribution in [1.82, 2.24) is 14.9 Å². The van der Waals surface area contributed by atoms with Crippen LogP contribution in [-0.4, -0.2) is 47.1 Å². The van der Waals surface area contributed by atoms with E-state index < -0.39 is 0 Å². The van der Waals surface area contributed by atoms with Gasteiger partial charge in [-0.1, -0.05) is 20.8 Å². The zero-order valence-corrected chi connectivity index (χ0v) is 13.8. The molecule has 0 aromatic carbocycles. The number of anilines is 2. The third-order valence-electron chi connectivity index (χ3n) is 4.04. The predicted octanol–water partition coefficient (Wildman–Crippen LogP) is 2.93. The number of nitrogens with one attached hydrogen (secondary N) is 2. The summed E-state index contributed by atoms with van der Waals surface area (Å²) in [4.78, 5) is 11.8. The molecule has 2 N–H and O–H groups in total. The number of nitrogens with zero attached hydrogens (tertiary/aromatic N) is 3. The lowest BCUT2D eigenvalue weighted by Gasteiger charge is -2.23. The van der Waals surface area contributed by atoms with Gasteiger partial charge in [0.15, 0.2) is 0 Å². The Morgan fingerprint density at radius 2 is 1.95 bits per heavy atom. The molecule has 1 aliphatic heterocycles. The third kappa shape index (κ3) is 4.30. The monoisotopic (exact) mass is 291 g/mol. The lowest BCUT2D eigenvalue weighted by Crippen LogP contribution is -2.34. The lowest BCUT2D eigenvalue weighted by molar-refractivity contribution is 0.277. The first-order valence-corrected chi connectivity index (χ1v) is 8.24. The van der Waals surface area contributed by atoms with Crippen LogP contribution >= 0.6 is 0 Å². The van der Waals surface area contributed by atoms with Gasteiger partial charge in [-0.3, -0.25) is 4.90 Å². The van der Waals surface area contributed by atoms with Crippen molar-refractivity contribution in [1.29, 1.82) is 0 Å². The van der Waals surface area contributed by atoms with E-state index in [0.29, 0.717) is 12.0 Å². The van der Waals surface area contributed by atoms with Gasteiger partial charge in [0.05, 0.1) is 0 Å². The van der Waals surface area contributed by atoms with E-state index in [1.165, 1.54) is 19.4 Å². The van der Waals surface area contributed by atoms with Crippen LogP contribution in [0.5, 0.6) is 0 Å². The maximum atomic E-state index is 4.65. The molecule has 21 heavy (non-hydrogen) atoms. The molecule has 5 heteroatoms. The average Bonchev–Trinajstić information content (AvgIpc) is 2.92. The number of hydrogen-bond acceptors (Lipinski definition) is 5. The summed E-state index contributed by atoms with van der Waals surface area (Å²) in [6.45, 7) is 12.8. The van der Waals surface area contributed by atoms with Crippen LogP contribution in [0.4, 0.5) is 11.6 Å². The Labute approximate surface area is 128 Å². The topological polar surface area (TPSA) is 53.1 Å². The second kappa shape index (κ2) is 7.59. The summed E-state index contributed by atoms with van der Waals surface area (Å²) in [5.74, 6) is 3.09. The molecule has 1 fully saturated rings. The van der Waals surface area contributed by atoms with Crippen LogP contribution in [0.25, 0.3) is 0 Å². The molecule has 1 atom stereocenters. The maximum absolute atomic E-state index is 4.65. The molecular weight excluding hydrogens is 262 g/mol. The van der Waals surface area contributed by atoms with Crippen LogP contribution in [0.3, 0.4) is 0 Å². The van der Waals surface area contributed by atoms with Gasteiger partial charge in [-0.2, -0.15) is 0 Å². The molecule has 1 aromatic heterocycles. The molecule has 1 unspecified atom stereocenters. The van der Waals surface area contributed by atoms with Crippen molar-refractivity contribution < 1.29 is 0 Å². The first kappa shape index (κ1) is 16.0. The predicted molar refractivity (Wildman–Crippen MR) is 89.0 cm³/mol. The van der Waals surface area contributed by atoms with E-state index in [1.54, 1.807) is 0 Å². The second-order valence-corrected chi connectivity index (χ2v) is 5.99. The fourth-order valence-corrected chi connectivity index (χ4v) is 2.85. The van der Waals surface area contributed by atoms with Gasteiger partial charge in [-0.05, 0) is 32.9 Å². The van der Waals surface area contributed by atoms with Crippen molar-refractivity contribution in [2.24, 2.45) is 0 Å². The molecule has 2 heterocycles. The van der Waals surface area contributed by atoms with E-state index in [0.717, 1.165) is 37.1 Å². The summed E-state index contributed by atoms with van der Waals surface area (Å²) >= 11 is 0.